The number of benzene rings is 2. The first-order valence-corrected chi connectivity index (χ1v) is 11.2. The second kappa shape index (κ2) is 10.8. The lowest BCUT2D eigenvalue weighted by molar-refractivity contribution is 0.0997. The molecule has 0 N–H and O–H groups in total. The molecule has 1 heterocycles. The number of aromatic nitrogens is 1. The van der Waals surface area contributed by atoms with E-state index in [9.17, 15) is 4.79 Å². The van der Waals surface area contributed by atoms with Gasteiger partial charge >= 0.3 is 0 Å². The van der Waals surface area contributed by atoms with E-state index in [1.807, 2.05) is 41.8 Å². The summed E-state index contributed by atoms with van der Waals surface area (Å²) >= 11 is 1.47. The van der Waals surface area contributed by atoms with Crippen LogP contribution in [-0.2, 0) is 6.54 Å². The van der Waals surface area contributed by atoms with Gasteiger partial charge in [0.05, 0.1) is 23.4 Å². The minimum atomic E-state index is -0.289. The monoisotopic (exact) mass is 424 g/mol. The highest BCUT2D eigenvalue weighted by Gasteiger charge is 2.10. The van der Waals surface area contributed by atoms with Gasteiger partial charge in [-0.3, -0.25) is 4.79 Å². The van der Waals surface area contributed by atoms with Gasteiger partial charge in [-0.2, -0.15) is 4.99 Å². The first-order chi connectivity index (χ1) is 14.7. The number of rotatable bonds is 10. The molecule has 0 radical (unpaired) electrons. The molecule has 0 bridgehead atoms. The summed E-state index contributed by atoms with van der Waals surface area (Å²) < 4.78 is 14.4. The topological polar surface area (TPSA) is 52.8 Å². The normalized spacial score (nSPS) is 11.6. The van der Waals surface area contributed by atoms with Gasteiger partial charge < -0.3 is 14.0 Å². The molecule has 3 rings (SSSR count). The van der Waals surface area contributed by atoms with E-state index in [1.165, 1.54) is 11.3 Å². The van der Waals surface area contributed by atoms with Gasteiger partial charge in [0.15, 0.2) is 4.80 Å². The Balaban J connectivity index is 1.90. The quantitative estimate of drug-likeness (QED) is 0.314. The number of nitrogens with zero attached hydrogens (tertiary/aromatic N) is 2. The van der Waals surface area contributed by atoms with Gasteiger partial charge in [0.1, 0.15) is 11.5 Å². The highest BCUT2D eigenvalue weighted by molar-refractivity contribution is 7.16. The van der Waals surface area contributed by atoms with E-state index in [2.05, 4.69) is 18.5 Å². The second-order valence-corrected chi connectivity index (χ2v) is 7.86. The number of hydrogen-bond acceptors (Lipinski definition) is 4. The fraction of sp³-hybridized carbons (Fsp3) is 0.333. The largest absolute Gasteiger partial charge is 0.494 e. The van der Waals surface area contributed by atoms with Crippen molar-refractivity contribution in [3.05, 3.63) is 65.5 Å². The maximum absolute atomic E-state index is 12.9. The first kappa shape index (κ1) is 21.8. The van der Waals surface area contributed by atoms with Gasteiger partial charge in [-0.25, -0.2) is 0 Å². The zero-order valence-corrected chi connectivity index (χ0v) is 18.4. The van der Waals surface area contributed by atoms with Gasteiger partial charge in [0.25, 0.3) is 5.91 Å². The molecule has 2 aromatic carbocycles. The summed E-state index contributed by atoms with van der Waals surface area (Å²) in [5.41, 5.74) is 1.52. The molecule has 0 fully saturated rings. The number of carbonyl (C=O) groups is 1. The number of hydrogen-bond donors (Lipinski definition) is 0. The van der Waals surface area contributed by atoms with E-state index in [4.69, 9.17) is 9.47 Å². The van der Waals surface area contributed by atoms with Crippen LogP contribution in [0.4, 0.5) is 0 Å². The summed E-state index contributed by atoms with van der Waals surface area (Å²) in [6.45, 7) is 9.78. The van der Waals surface area contributed by atoms with Crippen molar-refractivity contribution in [2.24, 2.45) is 4.99 Å². The number of fused-ring (bicyclic) bond motifs is 1. The van der Waals surface area contributed by atoms with E-state index >= 15 is 0 Å². The zero-order valence-electron chi connectivity index (χ0n) is 17.6. The Morgan fingerprint density at radius 1 is 1.13 bits per heavy atom. The minimum Gasteiger partial charge on any atom is -0.494 e. The van der Waals surface area contributed by atoms with Crippen LogP contribution in [0.2, 0.25) is 0 Å². The molecule has 0 saturated carbocycles. The lowest BCUT2D eigenvalue weighted by Crippen LogP contribution is -2.16. The van der Waals surface area contributed by atoms with Crippen molar-refractivity contribution >= 4 is 27.5 Å². The van der Waals surface area contributed by atoms with Gasteiger partial charge in [0, 0.05) is 12.1 Å². The summed E-state index contributed by atoms with van der Waals surface area (Å²) in [5.74, 6) is 1.22. The van der Waals surface area contributed by atoms with E-state index in [0.717, 1.165) is 35.2 Å². The third-order valence-corrected chi connectivity index (χ3v) is 5.61. The van der Waals surface area contributed by atoms with Gasteiger partial charge in [-0.05, 0) is 49.7 Å². The standard InChI is InChI=1S/C24H28N2O3S/c1-4-7-8-15-29-19-11-9-10-18(16-19)23(27)25-24-26(14-5-2)21-13-12-20(28-6-3)17-22(21)30-24/h5,9-13,16-17H,2,4,6-8,14-15H2,1,3H3. The Kier molecular flexibility index (Phi) is 7.85. The predicted molar refractivity (Wildman–Crippen MR) is 123 cm³/mol. The Morgan fingerprint density at radius 2 is 1.97 bits per heavy atom. The van der Waals surface area contributed by atoms with Crippen LogP contribution in [0.25, 0.3) is 10.2 Å². The Bertz CT molecular complexity index is 1080. The van der Waals surface area contributed by atoms with Crippen LogP contribution in [0.15, 0.2) is 60.1 Å². The molecule has 30 heavy (non-hydrogen) atoms. The summed E-state index contributed by atoms with van der Waals surface area (Å²) in [5, 5.41) is 0. The van der Waals surface area contributed by atoms with Crippen LogP contribution in [0.5, 0.6) is 11.5 Å². The van der Waals surface area contributed by atoms with E-state index in [0.29, 0.717) is 35.9 Å². The van der Waals surface area contributed by atoms with Crippen molar-refractivity contribution in [1.82, 2.24) is 4.57 Å². The number of thiazole rings is 1. The molecular weight excluding hydrogens is 396 g/mol. The summed E-state index contributed by atoms with van der Waals surface area (Å²) in [6, 6.07) is 13.1. The van der Waals surface area contributed by atoms with Crippen LogP contribution in [0.1, 0.15) is 43.5 Å². The fourth-order valence-corrected chi connectivity index (χ4v) is 4.18. The molecule has 0 aliphatic heterocycles. The number of ether oxygens (including phenoxy) is 2. The molecule has 1 amide bonds. The molecule has 0 atom stereocenters. The van der Waals surface area contributed by atoms with Gasteiger partial charge in [-0.15, -0.1) is 6.58 Å². The maximum atomic E-state index is 12.9. The van der Waals surface area contributed by atoms with Crippen LogP contribution in [0, 0.1) is 0 Å². The van der Waals surface area contributed by atoms with Crippen LogP contribution in [0.3, 0.4) is 0 Å². The van der Waals surface area contributed by atoms with Crippen molar-refractivity contribution in [3.8, 4) is 11.5 Å². The Labute approximate surface area is 181 Å². The molecule has 1 aromatic heterocycles. The molecule has 158 valence electrons. The van der Waals surface area contributed by atoms with Crippen molar-refractivity contribution in [2.75, 3.05) is 13.2 Å². The van der Waals surface area contributed by atoms with Crippen molar-refractivity contribution in [2.45, 2.75) is 39.7 Å². The predicted octanol–water partition coefficient (Wildman–Crippen LogP) is 5.60. The Morgan fingerprint density at radius 3 is 2.73 bits per heavy atom. The van der Waals surface area contributed by atoms with E-state index in [-0.39, 0.29) is 5.91 Å². The molecule has 0 unspecified atom stereocenters. The zero-order chi connectivity index (χ0) is 21.3. The molecule has 0 aliphatic carbocycles. The number of amides is 1. The van der Waals surface area contributed by atoms with Crippen LogP contribution in [-0.4, -0.2) is 23.7 Å². The van der Waals surface area contributed by atoms with E-state index < -0.39 is 0 Å². The fourth-order valence-electron chi connectivity index (χ4n) is 3.11. The van der Waals surface area contributed by atoms with Crippen LogP contribution < -0.4 is 14.3 Å². The number of allylic oxidation sites excluding steroid dienone is 1. The van der Waals surface area contributed by atoms with Crippen LogP contribution >= 0.6 is 11.3 Å². The highest BCUT2D eigenvalue weighted by Crippen LogP contribution is 2.24. The first-order valence-electron chi connectivity index (χ1n) is 10.3. The number of unbranched alkanes of at least 4 members (excludes halogenated alkanes) is 2. The second-order valence-electron chi connectivity index (χ2n) is 6.85. The highest BCUT2D eigenvalue weighted by atomic mass is 32.1. The average molecular weight is 425 g/mol. The molecule has 0 saturated heterocycles. The SMILES string of the molecule is C=CCn1c(=NC(=O)c2cccc(OCCCCC)c2)sc2cc(OCC)ccc21. The molecule has 0 aliphatic rings. The maximum Gasteiger partial charge on any atom is 0.279 e. The van der Waals surface area contributed by atoms with Gasteiger partial charge in [0.2, 0.25) is 0 Å². The summed E-state index contributed by atoms with van der Waals surface area (Å²) in [6.07, 6.45) is 5.09. The average Bonchev–Trinajstić information content (AvgIpc) is 3.08. The molecule has 0 spiro atoms. The molecule has 6 heteroatoms. The molecule has 3 aromatic rings. The third-order valence-electron chi connectivity index (χ3n) is 4.57. The van der Waals surface area contributed by atoms with E-state index in [1.54, 1.807) is 18.2 Å². The third kappa shape index (κ3) is 5.39. The smallest absolute Gasteiger partial charge is 0.279 e. The summed E-state index contributed by atoms with van der Waals surface area (Å²) in [7, 11) is 0. The minimum absolute atomic E-state index is 0.289. The van der Waals surface area contributed by atoms with Crippen molar-refractivity contribution in [1.29, 1.82) is 0 Å². The lowest BCUT2D eigenvalue weighted by atomic mass is 10.2. The molecule has 5 nitrogen and oxygen atoms in total. The van der Waals surface area contributed by atoms with Crippen molar-refractivity contribution < 1.29 is 14.3 Å². The van der Waals surface area contributed by atoms with Gasteiger partial charge in [-0.1, -0.05) is 43.2 Å². The lowest BCUT2D eigenvalue weighted by Gasteiger charge is -2.06. The van der Waals surface area contributed by atoms with Crippen molar-refractivity contribution in [3.63, 3.8) is 0 Å². The summed E-state index contributed by atoms with van der Waals surface area (Å²) in [4.78, 5) is 17.9. The number of carbonyl (C=O) groups excluding carboxylic acids is 1. The molecular formula is C24H28N2O3S. The Hall–Kier alpha value is -2.86.